The Morgan fingerprint density at radius 1 is 0.943 bits per heavy atom. The number of carbonyl (C=O) groups excluding carboxylic acids is 2. The predicted molar refractivity (Wildman–Crippen MR) is 135 cm³/mol. The smallest absolute Gasteiger partial charge is 0.407 e. The summed E-state index contributed by atoms with van der Waals surface area (Å²) in [4.78, 5) is 37.1. The number of fused-ring (bicyclic) bond motifs is 3. The molecule has 0 radical (unpaired) electrons. The van der Waals surface area contributed by atoms with E-state index in [-0.39, 0.29) is 24.9 Å². The fourth-order valence-corrected chi connectivity index (χ4v) is 4.51. The zero-order chi connectivity index (χ0) is 25.8. The highest BCUT2D eigenvalue weighted by Gasteiger charge is 2.33. The topological polar surface area (TPSA) is 105 Å². The van der Waals surface area contributed by atoms with Crippen LogP contribution in [0.5, 0.6) is 0 Å². The highest BCUT2D eigenvalue weighted by Crippen LogP contribution is 2.44. The maximum Gasteiger partial charge on any atom is 0.407 e. The van der Waals surface area contributed by atoms with E-state index in [0.29, 0.717) is 6.42 Å². The second-order valence-corrected chi connectivity index (χ2v) is 10.7. The lowest BCUT2D eigenvalue weighted by Gasteiger charge is -2.32. The summed E-state index contributed by atoms with van der Waals surface area (Å²) in [6, 6.07) is 14.8. The summed E-state index contributed by atoms with van der Waals surface area (Å²) in [5.74, 6) is -1.35. The molecule has 7 heteroatoms. The number of benzene rings is 2. The van der Waals surface area contributed by atoms with E-state index in [4.69, 9.17) is 4.74 Å². The highest BCUT2D eigenvalue weighted by molar-refractivity contribution is 5.86. The van der Waals surface area contributed by atoms with E-state index in [9.17, 15) is 19.5 Å². The van der Waals surface area contributed by atoms with E-state index in [1.807, 2.05) is 71.0 Å². The Bertz CT molecular complexity index is 1030. The molecule has 2 aromatic carbocycles. The third-order valence-electron chi connectivity index (χ3n) is 6.40. The average Bonchev–Trinajstić information content (AvgIpc) is 3.09. The van der Waals surface area contributed by atoms with E-state index in [0.717, 1.165) is 22.3 Å². The fourth-order valence-electron chi connectivity index (χ4n) is 4.51. The number of nitrogens with one attached hydrogen (secondary N) is 2. The van der Waals surface area contributed by atoms with Gasteiger partial charge in [-0.2, -0.15) is 0 Å². The standard InChI is InChI=1S/C28H36N2O5/c1-17(2)14-23(26(33)30-24(15-25(31)32)28(3,4)5)29-27(34)35-16-22-20-12-8-6-10-18(20)19-11-7-9-13-21(19)22/h6-13,17,22-24H,14-16H2,1-5H3,(H,29,34)(H,30,33)(H,31,32)/t23-,24?/m0/s1. The van der Waals surface area contributed by atoms with Crippen LogP contribution < -0.4 is 10.6 Å². The van der Waals surface area contributed by atoms with Gasteiger partial charge >= 0.3 is 12.1 Å². The van der Waals surface area contributed by atoms with Crippen molar-refractivity contribution >= 4 is 18.0 Å². The molecule has 3 N–H and O–H groups in total. The number of hydrogen-bond donors (Lipinski definition) is 3. The Morgan fingerprint density at radius 3 is 1.97 bits per heavy atom. The Labute approximate surface area is 207 Å². The van der Waals surface area contributed by atoms with Crippen LogP contribution in [0.4, 0.5) is 4.79 Å². The van der Waals surface area contributed by atoms with Crippen LogP contribution in [0.25, 0.3) is 11.1 Å². The number of amides is 2. The predicted octanol–water partition coefficient (Wildman–Crippen LogP) is 4.95. The van der Waals surface area contributed by atoms with Gasteiger partial charge in [-0.25, -0.2) is 4.79 Å². The largest absolute Gasteiger partial charge is 0.481 e. The molecule has 1 unspecified atom stereocenters. The maximum atomic E-state index is 13.1. The number of carbonyl (C=O) groups is 3. The van der Waals surface area contributed by atoms with Crippen molar-refractivity contribution < 1.29 is 24.2 Å². The number of carboxylic acids is 1. The number of hydrogen-bond acceptors (Lipinski definition) is 4. The van der Waals surface area contributed by atoms with Crippen molar-refractivity contribution in [3.8, 4) is 11.1 Å². The first-order chi connectivity index (χ1) is 16.5. The molecule has 0 fully saturated rings. The van der Waals surface area contributed by atoms with Gasteiger partial charge in [0.2, 0.25) is 5.91 Å². The van der Waals surface area contributed by atoms with Gasteiger partial charge in [0.25, 0.3) is 0 Å². The zero-order valence-electron chi connectivity index (χ0n) is 21.1. The molecule has 35 heavy (non-hydrogen) atoms. The first kappa shape index (κ1) is 26.3. The number of rotatable bonds is 9. The second-order valence-electron chi connectivity index (χ2n) is 10.7. The molecule has 2 amide bonds. The molecular weight excluding hydrogens is 444 g/mol. The normalized spacial score (nSPS) is 14.6. The second kappa shape index (κ2) is 10.9. The molecule has 0 saturated heterocycles. The molecule has 1 aliphatic carbocycles. The molecule has 0 aromatic heterocycles. The van der Waals surface area contributed by atoms with Crippen LogP contribution in [0.1, 0.15) is 64.5 Å². The van der Waals surface area contributed by atoms with E-state index < -0.39 is 35.5 Å². The first-order valence-electron chi connectivity index (χ1n) is 12.1. The summed E-state index contributed by atoms with van der Waals surface area (Å²) in [5.41, 5.74) is 4.04. The average molecular weight is 481 g/mol. The lowest BCUT2D eigenvalue weighted by atomic mass is 9.84. The van der Waals surface area contributed by atoms with Gasteiger partial charge < -0.3 is 20.5 Å². The van der Waals surface area contributed by atoms with Gasteiger partial charge in [-0.05, 0) is 40.0 Å². The SMILES string of the molecule is CC(C)C[C@H](NC(=O)OCC1c2ccccc2-c2ccccc21)C(=O)NC(CC(=O)O)C(C)(C)C. The monoisotopic (exact) mass is 480 g/mol. The van der Waals surface area contributed by atoms with Gasteiger partial charge in [0.15, 0.2) is 0 Å². The summed E-state index contributed by atoms with van der Waals surface area (Å²) in [6.45, 7) is 9.68. The maximum absolute atomic E-state index is 13.1. The zero-order valence-corrected chi connectivity index (χ0v) is 21.1. The van der Waals surface area contributed by atoms with Crippen molar-refractivity contribution in [2.75, 3.05) is 6.61 Å². The molecule has 0 heterocycles. The summed E-state index contributed by atoms with van der Waals surface area (Å²) < 4.78 is 5.61. The quantitative estimate of drug-likeness (QED) is 0.471. The molecule has 0 spiro atoms. The van der Waals surface area contributed by atoms with E-state index in [1.165, 1.54) is 0 Å². The van der Waals surface area contributed by atoms with Crippen molar-refractivity contribution in [3.63, 3.8) is 0 Å². The highest BCUT2D eigenvalue weighted by atomic mass is 16.5. The van der Waals surface area contributed by atoms with Crippen LogP contribution in [0.3, 0.4) is 0 Å². The number of alkyl carbamates (subject to hydrolysis) is 1. The minimum atomic E-state index is -0.991. The van der Waals surface area contributed by atoms with Crippen molar-refractivity contribution in [3.05, 3.63) is 59.7 Å². The van der Waals surface area contributed by atoms with E-state index in [2.05, 4.69) is 22.8 Å². The van der Waals surface area contributed by atoms with Crippen molar-refractivity contribution in [1.82, 2.24) is 10.6 Å². The van der Waals surface area contributed by atoms with Gasteiger partial charge in [-0.3, -0.25) is 9.59 Å². The molecule has 2 aromatic rings. The van der Waals surface area contributed by atoms with Crippen LogP contribution in [-0.4, -0.2) is 41.8 Å². The molecule has 2 atom stereocenters. The lowest BCUT2D eigenvalue weighted by molar-refractivity contribution is -0.138. The summed E-state index contributed by atoms with van der Waals surface area (Å²) in [6.07, 6.45) is -0.465. The minimum Gasteiger partial charge on any atom is -0.481 e. The van der Waals surface area contributed by atoms with Crippen LogP contribution in [0.15, 0.2) is 48.5 Å². The first-order valence-corrected chi connectivity index (χ1v) is 12.1. The number of aliphatic carboxylic acids is 1. The summed E-state index contributed by atoms with van der Waals surface area (Å²) in [5, 5.41) is 14.8. The molecular formula is C28H36N2O5. The van der Waals surface area contributed by atoms with Crippen LogP contribution in [0.2, 0.25) is 0 Å². The number of carboxylic acid groups (broad SMARTS) is 1. The van der Waals surface area contributed by atoms with Crippen molar-refractivity contribution in [2.45, 2.75) is 65.5 Å². The molecule has 0 aliphatic heterocycles. The van der Waals surface area contributed by atoms with Crippen molar-refractivity contribution in [2.24, 2.45) is 11.3 Å². The number of ether oxygens (including phenoxy) is 1. The molecule has 0 bridgehead atoms. The van der Waals surface area contributed by atoms with Gasteiger partial charge in [0, 0.05) is 12.0 Å². The third-order valence-corrected chi connectivity index (χ3v) is 6.40. The molecule has 1 aliphatic rings. The van der Waals surface area contributed by atoms with Gasteiger partial charge in [-0.15, -0.1) is 0 Å². The molecule has 7 nitrogen and oxygen atoms in total. The minimum absolute atomic E-state index is 0.0774. The molecule has 188 valence electrons. The molecule has 3 rings (SSSR count). The van der Waals surface area contributed by atoms with Crippen LogP contribution >= 0.6 is 0 Å². The summed E-state index contributed by atoms with van der Waals surface area (Å²) in [7, 11) is 0. The van der Waals surface area contributed by atoms with E-state index in [1.54, 1.807) is 0 Å². The van der Waals surface area contributed by atoms with Gasteiger partial charge in [0.05, 0.1) is 6.42 Å². The Hall–Kier alpha value is -3.35. The van der Waals surface area contributed by atoms with Gasteiger partial charge in [-0.1, -0.05) is 83.1 Å². The van der Waals surface area contributed by atoms with E-state index >= 15 is 0 Å². The summed E-state index contributed by atoms with van der Waals surface area (Å²) >= 11 is 0. The fraction of sp³-hybridized carbons (Fsp3) is 0.464. The molecule has 0 saturated carbocycles. The Balaban J connectivity index is 1.68. The van der Waals surface area contributed by atoms with Crippen LogP contribution in [-0.2, 0) is 14.3 Å². The van der Waals surface area contributed by atoms with Crippen LogP contribution in [0, 0.1) is 11.3 Å². The Kier molecular flexibility index (Phi) is 8.20. The lowest BCUT2D eigenvalue weighted by Crippen LogP contribution is -2.53. The van der Waals surface area contributed by atoms with Crippen molar-refractivity contribution in [1.29, 1.82) is 0 Å². The Morgan fingerprint density at radius 2 is 1.49 bits per heavy atom. The third kappa shape index (κ3) is 6.62. The van der Waals surface area contributed by atoms with Gasteiger partial charge in [0.1, 0.15) is 12.6 Å².